The number of nitrogens with zero attached hydrogens (tertiary/aromatic N) is 1. The monoisotopic (exact) mass is 346 g/mol. The molecule has 4 heteroatoms. The van der Waals surface area contributed by atoms with Crippen molar-refractivity contribution in [3.8, 4) is 0 Å². The summed E-state index contributed by atoms with van der Waals surface area (Å²) in [6, 6.07) is 2.79. The van der Waals surface area contributed by atoms with Crippen LogP contribution in [0.1, 0.15) is 39.0 Å². The summed E-state index contributed by atoms with van der Waals surface area (Å²) >= 11 is 5.34. The van der Waals surface area contributed by atoms with Crippen LogP contribution in [-0.2, 0) is 6.54 Å². The zero-order valence-corrected chi connectivity index (χ0v) is 15.2. The summed E-state index contributed by atoms with van der Waals surface area (Å²) in [6.07, 6.45) is 1.19. The van der Waals surface area contributed by atoms with Gasteiger partial charge in [0, 0.05) is 27.3 Å². The molecule has 1 unspecified atom stereocenters. The van der Waals surface area contributed by atoms with Gasteiger partial charge in [0.1, 0.15) is 0 Å². The number of hydrogen-bond donors (Lipinski definition) is 1. The Morgan fingerprint density at radius 2 is 2.11 bits per heavy atom. The fraction of sp³-hybridized carbons (Fsp3) is 0.733. The van der Waals surface area contributed by atoms with E-state index in [1.807, 2.05) is 11.3 Å². The van der Waals surface area contributed by atoms with Gasteiger partial charge in [0.2, 0.25) is 0 Å². The van der Waals surface area contributed by atoms with Gasteiger partial charge in [0.25, 0.3) is 0 Å². The number of halogens is 1. The minimum absolute atomic E-state index is 0.322. The van der Waals surface area contributed by atoms with E-state index in [1.165, 1.54) is 15.8 Å². The molecule has 0 spiro atoms. The fourth-order valence-electron chi connectivity index (χ4n) is 2.22. The summed E-state index contributed by atoms with van der Waals surface area (Å²) < 4.78 is 1.20. The molecule has 0 saturated carbocycles. The van der Waals surface area contributed by atoms with Gasteiger partial charge in [0.15, 0.2) is 0 Å². The summed E-state index contributed by atoms with van der Waals surface area (Å²) in [5.41, 5.74) is 0.322. The molecule has 110 valence electrons. The molecule has 0 fully saturated rings. The van der Waals surface area contributed by atoms with Crippen LogP contribution in [0, 0.1) is 5.41 Å². The van der Waals surface area contributed by atoms with E-state index in [1.54, 1.807) is 0 Å². The SMILES string of the molecule is CCNC(CCN(C)Cc1cc(Br)cs1)C(C)(C)C. The molecule has 1 heterocycles. The third-order valence-electron chi connectivity index (χ3n) is 3.34. The van der Waals surface area contributed by atoms with Crippen molar-refractivity contribution in [2.24, 2.45) is 5.41 Å². The first-order valence-electron chi connectivity index (χ1n) is 6.97. The Morgan fingerprint density at radius 3 is 2.58 bits per heavy atom. The van der Waals surface area contributed by atoms with E-state index in [0.717, 1.165) is 19.6 Å². The molecule has 19 heavy (non-hydrogen) atoms. The van der Waals surface area contributed by atoms with Gasteiger partial charge in [-0.3, -0.25) is 0 Å². The lowest BCUT2D eigenvalue weighted by Gasteiger charge is -2.32. The van der Waals surface area contributed by atoms with Crippen LogP contribution < -0.4 is 5.32 Å². The Labute approximate surface area is 130 Å². The van der Waals surface area contributed by atoms with Crippen molar-refractivity contribution in [2.45, 2.75) is 46.7 Å². The highest BCUT2D eigenvalue weighted by Gasteiger charge is 2.23. The number of hydrogen-bond acceptors (Lipinski definition) is 3. The second-order valence-electron chi connectivity index (χ2n) is 6.23. The van der Waals surface area contributed by atoms with Gasteiger partial charge in [-0.2, -0.15) is 0 Å². The number of rotatable bonds is 7. The van der Waals surface area contributed by atoms with Crippen molar-refractivity contribution in [3.05, 3.63) is 20.8 Å². The first-order chi connectivity index (χ1) is 8.82. The molecular formula is C15H27BrN2S. The van der Waals surface area contributed by atoms with Gasteiger partial charge in [-0.1, -0.05) is 27.7 Å². The van der Waals surface area contributed by atoms with E-state index < -0.39 is 0 Å². The van der Waals surface area contributed by atoms with Crippen LogP contribution in [-0.4, -0.2) is 31.1 Å². The third-order valence-corrected chi connectivity index (χ3v) is 5.03. The van der Waals surface area contributed by atoms with Crippen LogP contribution in [0.4, 0.5) is 0 Å². The highest BCUT2D eigenvalue weighted by atomic mass is 79.9. The fourth-order valence-corrected chi connectivity index (χ4v) is 3.75. The van der Waals surface area contributed by atoms with Crippen molar-refractivity contribution in [1.82, 2.24) is 10.2 Å². The minimum Gasteiger partial charge on any atom is -0.314 e. The van der Waals surface area contributed by atoms with Crippen molar-refractivity contribution in [1.29, 1.82) is 0 Å². The van der Waals surface area contributed by atoms with Gasteiger partial charge < -0.3 is 10.2 Å². The summed E-state index contributed by atoms with van der Waals surface area (Å²) in [5, 5.41) is 5.77. The molecule has 0 amide bonds. The quantitative estimate of drug-likeness (QED) is 0.789. The highest BCUT2D eigenvalue weighted by molar-refractivity contribution is 9.10. The number of thiophene rings is 1. The van der Waals surface area contributed by atoms with Crippen molar-refractivity contribution in [3.63, 3.8) is 0 Å². The Bertz CT molecular complexity index is 370. The van der Waals surface area contributed by atoms with Gasteiger partial charge >= 0.3 is 0 Å². The van der Waals surface area contributed by atoms with Crippen molar-refractivity contribution < 1.29 is 0 Å². The van der Waals surface area contributed by atoms with Crippen LogP contribution in [0.2, 0.25) is 0 Å². The molecule has 0 bridgehead atoms. The van der Waals surface area contributed by atoms with E-state index in [0.29, 0.717) is 11.5 Å². The van der Waals surface area contributed by atoms with E-state index in [4.69, 9.17) is 0 Å². The molecule has 0 aliphatic rings. The molecule has 1 N–H and O–H groups in total. The van der Waals surface area contributed by atoms with Gasteiger partial charge in [0.05, 0.1) is 0 Å². The molecule has 1 rings (SSSR count). The molecule has 0 saturated heterocycles. The summed E-state index contributed by atoms with van der Waals surface area (Å²) in [4.78, 5) is 3.83. The molecule has 0 aromatic carbocycles. The first kappa shape index (κ1) is 17.2. The molecule has 0 aliphatic carbocycles. The topological polar surface area (TPSA) is 15.3 Å². The largest absolute Gasteiger partial charge is 0.314 e. The number of nitrogens with one attached hydrogen (secondary N) is 1. The summed E-state index contributed by atoms with van der Waals surface area (Å²) in [7, 11) is 2.21. The maximum atomic E-state index is 3.61. The zero-order valence-electron chi connectivity index (χ0n) is 12.8. The summed E-state index contributed by atoms with van der Waals surface area (Å²) in [6.45, 7) is 12.4. The Morgan fingerprint density at radius 1 is 1.42 bits per heavy atom. The molecule has 0 aliphatic heterocycles. The van der Waals surface area contributed by atoms with Gasteiger partial charge in [-0.05, 0) is 54.0 Å². The molecule has 1 aromatic heterocycles. The Balaban J connectivity index is 2.41. The lowest BCUT2D eigenvalue weighted by atomic mass is 9.84. The maximum Gasteiger partial charge on any atom is 0.0325 e. The molecule has 0 radical (unpaired) electrons. The standard InChI is InChI=1S/C15H27BrN2S/c1-6-17-14(15(2,3)4)7-8-18(5)10-13-9-12(16)11-19-13/h9,11,14,17H,6-8,10H2,1-5H3. The van der Waals surface area contributed by atoms with E-state index in [-0.39, 0.29) is 0 Å². The first-order valence-corrected chi connectivity index (χ1v) is 8.65. The lowest BCUT2D eigenvalue weighted by molar-refractivity contribution is 0.221. The Kier molecular flexibility index (Phi) is 7.01. The second-order valence-corrected chi connectivity index (χ2v) is 8.15. The van der Waals surface area contributed by atoms with Gasteiger partial charge in [-0.15, -0.1) is 11.3 Å². The molecule has 1 aromatic rings. The minimum atomic E-state index is 0.322. The van der Waals surface area contributed by atoms with E-state index >= 15 is 0 Å². The van der Waals surface area contributed by atoms with Crippen LogP contribution in [0.5, 0.6) is 0 Å². The Hall–Kier alpha value is 0.1000. The third kappa shape index (κ3) is 6.39. The van der Waals surface area contributed by atoms with E-state index in [9.17, 15) is 0 Å². The van der Waals surface area contributed by atoms with Crippen molar-refractivity contribution in [2.75, 3.05) is 20.1 Å². The second kappa shape index (κ2) is 7.77. The highest BCUT2D eigenvalue weighted by Crippen LogP contribution is 2.23. The average molecular weight is 347 g/mol. The lowest BCUT2D eigenvalue weighted by Crippen LogP contribution is -2.42. The average Bonchev–Trinajstić information content (AvgIpc) is 2.68. The van der Waals surface area contributed by atoms with Crippen LogP contribution in [0.25, 0.3) is 0 Å². The van der Waals surface area contributed by atoms with Crippen LogP contribution >= 0.6 is 27.3 Å². The van der Waals surface area contributed by atoms with E-state index in [2.05, 4.69) is 72.3 Å². The predicted molar refractivity (Wildman–Crippen MR) is 89.9 cm³/mol. The van der Waals surface area contributed by atoms with Crippen LogP contribution in [0.15, 0.2) is 15.9 Å². The van der Waals surface area contributed by atoms with Gasteiger partial charge in [-0.25, -0.2) is 0 Å². The zero-order chi connectivity index (χ0) is 14.5. The summed E-state index contributed by atoms with van der Waals surface area (Å²) in [5.74, 6) is 0. The molecule has 2 nitrogen and oxygen atoms in total. The van der Waals surface area contributed by atoms with Crippen molar-refractivity contribution >= 4 is 27.3 Å². The predicted octanol–water partition coefficient (Wildman–Crippen LogP) is 4.36. The normalized spacial score (nSPS) is 14.1. The smallest absolute Gasteiger partial charge is 0.0325 e. The molecular weight excluding hydrogens is 320 g/mol. The van der Waals surface area contributed by atoms with Crippen LogP contribution in [0.3, 0.4) is 0 Å². The maximum absolute atomic E-state index is 3.61. The molecule has 1 atom stereocenters.